The number of nitrogens with one attached hydrogen (secondary N) is 1. The van der Waals surface area contributed by atoms with E-state index in [0.717, 1.165) is 32.7 Å². The van der Waals surface area contributed by atoms with Gasteiger partial charge in [0, 0.05) is 25.2 Å². The average Bonchev–Trinajstić information content (AvgIpc) is 2.30. The van der Waals surface area contributed by atoms with Crippen LogP contribution in [0.4, 0.5) is 0 Å². The highest BCUT2D eigenvalue weighted by atomic mass is 16.5. The summed E-state index contributed by atoms with van der Waals surface area (Å²) in [6.45, 7) is 2.76. The molecule has 3 unspecified atom stereocenters. The van der Waals surface area contributed by atoms with Crippen LogP contribution in [-0.4, -0.2) is 39.0 Å². The molecule has 2 saturated heterocycles. The SMILES string of the molecule is CNC1CCOC(C2CCCOC2)C1. The Morgan fingerprint density at radius 2 is 2.14 bits per heavy atom. The zero-order valence-corrected chi connectivity index (χ0v) is 9.00. The van der Waals surface area contributed by atoms with Gasteiger partial charge in [0.2, 0.25) is 0 Å². The molecule has 0 amide bonds. The monoisotopic (exact) mass is 199 g/mol. The lowest BCUT2D eigenvalue weighted by atomic mass is 9.89. The summed E-state index contributed by atoms with van der Waals surface area (Å²) in [6.07, 6.45) is 5.22. The van der Waals surface area contributed by atoms with E-state index < -0.39 is 0 Å². The standard InChI is InChI=1S/C11H21NO2/c1-12-10-4-6-14-11(7-10)9-3-2-5-13-8-9/h9-12H,2-8H2,1H3. The minimum Gasteiger partial charge on any atom is -0.381 e. The Balaban J connectivity index is 1.83. The van der Waals surface area contributed by atoms with Crippen LogP contribution in [0.3, 0.4) is 0 Å². The summed E-state index contributed by atoms with van der Waals surface area (Å²) in [7, 11) is 2.05. The number of ether oxygens (including phenoxy) is 2. The van der Waals surface area contributed by atoms with Gasteiger partial charge in [-0.25, -0.2) is 0 Å². The minimum absolute atomic E-state index is 0.432. The first-order chi connectivity index (χ1) is 6.90. The third kappa shape index (κ3) is 2.47. The molecule has 0 aromatic carbocycles. The summed E-state index contributed by atoms with van der Waals surface area (Å²) in [5.74, 6) is 0.639. The first kappa shape index (κ1) is 10.4. The lowest BCUT2D eigenvalue weighted by Gasteiger charge is -2.36. The topological polar surface area (TPSA) is 30.5 Å². The van der Waals surface area contributed by atoms with Gasteiger partial charge in [-0.2, -0.15) is 0 Å². The van der Waals surface area contributed by atoms with Crippen molar-refractivity contribution in [3.05, 3.63) is 0 Å². The lowest BCUT2D eigenvalue weighted by molar-refractivity contribution is -0.0736. The maximum atomic E-state index is 5.83. The van der Waals surface area contributed by atoms with Crippen molar-refractivity contribution < 1.29 is 9.47 Å². The van der Waals surface area contributed by atoms with E-state index in [9.17, 15) is 0 Å². The van der Waals surface area contributed by atoms with E-state index in [1.54, 1.807) is 0 Å². The van der Waals surface area contributed by atoms with Crippen LogP contribution in [0.2, 0.25) is 0 Å². The molecule has 2 aliphatic heterocycles. The number of hydrogen-bond donors (Lipinski definition) is 1. The fraction of sp³-hybridized carbons (Fsp3) is 1.00. The molecule has 2 heterocycles. The molecule has 0 aliphatic carbocycles. The normalized spacial score (nSPS) is 39.6. The molecule has 0 saturated carbocycles. The van der Waals surface area contributed by atoms with Crippen molar-refractivity contribution in [1.29, 1.82) is 0 Å². The molecule has 0 bridgehead atoms. The first-order valence-electron chi connectivity index (χ1n) is 5.76. The van der Waals surface area contributed by atoms with Gasteiger partial charge < -0.3 is 14.8 Å². The lowest BCUT2D eigenvalue weighted by Crippen LogP contribution is -2.42. The maximum Gasteiger partial charge on any atom is 0.0640 e. The molecule has 1 N–H and O–H groups in total. The maximum absolute atomic E-state index is 5.83. The van der Waals surface area contributed by atoms with Crippen molar-refractivity contribution in [1.82, 2.24) is 5.32 Å². The molecule has 0 aromatic rings. The van der Waals surface area contributed by atoms with Crippen LogP contribution in [0.15, 0.2) is 0 Å². The van der Waals surface area contributed by atoms with Gasteiger partial charge >= 0.3 is 0 Å². The molecular formula is C11H21NO2. The predicted molar refractivity (Wildman–Crippen MR) is 55.4 cm³/mol. The van der Waals surface area contributed by atoms with Crippen LogP contribution >= 0.6 is 0 Å². The van der Waals surface area contributed by atoms with Gasteiger partial charge in [-0.3, -0.25) is 0 Å². The summed E-state index contributed by atoms with van der Waals surface area (Å²) in [6, 6.07) is 0.649. The minimum atomic E-state index is 0.432. The second-order valence-electron chi connectivity index (χ2n) is 4.40. The molecule has 0 spiro atoms. The Kier molecular flexibility index (Phi) is 3.79. The Morgan fingerprint density at radius 1 is 1.21 bits per heavy atom. The molecule has 3 atom stereocenters. The second-order valence-corrected chi connectivity index (χ2v) is 4.40. The molecule has 0 aromatic heterocycles. The summed E-state index contributed by atoms with van der Waals surface area (Å²) in [4.78, 5) is 0. The molecule has 14 heavy (non-hydrogen) atoms. The fourth-order valence-corrected chi connectivity index (χ4v) is 2.48. The van der Waals surface area contributed by atoms with Gasteiger partial charge in [0.05, 0.1) is 12.7 Å². The third-order valence-corrected chi connectivity index (χ3v) is 3.44. The summed E-state index contributed by atoms with van der Waals surface area (Å²) in [5, 5.41) is 3.35. The van der Waals surface area contributed by atoms with Crippen LogP contribution in [0.5, 0.6) is 0 Å². The molecule has 2 rings (SSSR count). The summed E-state index contributed by atoms with van der Waals surface area (Å²) >= 11 is 0. The van der Waals surface area contributed by atoms with E-state index in [2.05, 4.69) is 5.32 Å². The van der Waals surface area contributed by atoms with Crippen LogP contribution in [0.25, 0.3) is 0 Å². The van der Waals surface area contributed by atoms with Crippen molar-refractivity contribution in [2.75, 3.05) is 26.9 Å². The summed E-state index contributed by atoms with van der Waals surface area (Å²) in [5.41, 5.74) is 0. The predicted octanol–water partition coefficient (Wildman–Crippen LogP) is 1.18. The van der Waals surface area contributed by atoms with E-state index in [1.807, 2.05) is 7.05 Å². The van der Waals surface area contributed by atoms with E-state index in [1.165, 1.54) is 12.8 Å². The molecule has 3 heteroatoms. The Bertz CT molecular complexity index is 169. The smallest absolute Gasteiger partial charge is 0.0640 e. The van der Waals surface area contributed by atoms with Crippen molar-refractivity contribution in [3.8, 4) is 0 Å². The average molecular weight is 199 g/mol. The van der Waals surface area contributed by atoms with Crippen LogP contribution in [0.1, 0.15) is 25.7 Å². The van der Waals surface area contributed by atoms with Crippen molar-refractivity contribution in [2.45, 2.75) is 37.8 Å². The van der Waals surface area contributed by atoms with Gasteiger partial charge in [0.25, 0.3) is 0 Å². The molecule has 2 fully saturated rings. The Labute approximate surface area is 86.2 Å². The van der Waals surface area contributed by atoms with Crippen LogP contribution < -0.4 is 5.32 Å². The Hall–Kier alpha value is -0.120. The van der Waals surface area contributed by atoms with Gasteiger partial charge in [-0.05, 0) is 32.7 Å². The summed E-state index contributed by atoms with van der Waals surface area (Å²) < 4.78 is 11.3. The van der Waals surface area contributed by atoms with Gasteiger partial charge in [-0.1, -0.05) is 0 Å². The van der Waals surface area contributed by atoms with Gasteiger partial charge in [-0.15, -0.1) is 0 Å². The highest BCUT2D eigenvalue weighted by Crippen LogP contribution is 2.26. The van der Waals surface area contributed by atoms with Crippen molar-refractivity contribution in [3.63, 3.8) is 0 Å². The van der Waals surface area contributed by atoms with Crippen molar-refractivity contribution >= 4 is 0 Å². The molecule has 3 nitrogen and oxygen atoms in total. The van der Waals surface area contributed by atoms with Gasteiger partial charge in [0.1, 0.15) is 0 Å². The highest BCUT2D eigenvalue weighted by molar-refractivity contribution is 4.81. The fourth-order valence-electron chi connectivity index (χ4n) is 2.48. The zero-order chi connectivity index (χ0) is 9.80. The molecule has 0 radical (unpaired) electrons. The van der Waals surface area contributed by atoms with Crippen LogP contribution in [-0.2, 0) is 9.47 Å². The number of rotatable bonds is 2. The van der Waals surface area contributed by atoms with Gasteiger partial charge in [0.15, 0.2) is 0 Å². The zero-order valence-electron chi connectivity index (χ0n) is 9.00. The van der Waals surface area contributed by atoms with E-state index >= 15 is 0 Å². The van der Waals surface area contributed by atoms with E-state index in [4.69, 9.17) is 9.47 Å². The quantitative estimate of drug-likeness (QED) is 0.724. The first-order valence-corrected chi connectivity index (χ1v) is 5.76. The molecule has 2 aliphatic rings. The molecule has 82 valence electrons. The molecular weight excluding hydrogens is 178 g/mol. The van der Waals surface area contributed by atoms with E-state index in [-0.39, 0.29) is 0 Å². The highest BCUT2D eigenvalue weighted by Gasteiger charge is 2.29. The van der Waals surface area contributed by atoms with E-state index in [0.29, 0.717) is 18.1 Å². The Morgan fingerprint density at radius 3 is 2.86 bits per heavy atom. The third-order valence-electron chi connectivity index (χ3n) is 3.44. The number of hydrogen-bond acceptors (Lipinski definition) is 3. The van der Waals surface area contributed by atoms with Crippen LogP contribution in [0, 0.1) is 5.92 Å². The van der Waals surface area contributed by atoms with Crippen molar-refractivity contribution in [2.24, 2.45) is 5.92 Å². The largest absolute Gasteiger partial charge is 0.381 e. The second kappa shape index (κ2) is 5.10.